The Balaban J connectivity index is 0. The maximum Gasteiger partial charge on any atom is 0.305 e. The van der Waals surface area contributed by atoms with Crippen LogP contribution in [-0.2, 0) is 23.9 Å². The molecule has 0 heterocycles. The number of ether oxygens (including phenoxy) is 2. The molecule has 6 heteroatoms. The highest BCUT2D eigenvalue weighted by atomic mass is 16.5. The molecule has 0 radical (unpaired) electrons. The molecule has 1 N–H and O–H groups in total. The molecule has 0 amide bonds. The van der Waals surface area contributed by atoms with Crippen molar-refractivity contribution in [3.63, 3.8) is 0 Å². The van der Waals surface area contributed by atoms with E-state index in [1.165, 1.54) is 6.92 Å². The zero-order chi connectivity index (χ0) is 17.4. The third-order valence-electron chi connectivity index (χ3n) is 2.52. The van der Waals surface area contributed by atoms with Gasteiger partial charge in [0.05, 0.1) is 19.3 Å². The van der Waals surface area contributed by atoms with Crippen LogP contribution in [0.2, 0.25) is 0 Å². The molecular formula is C16H30O6. The predicted octanol–water partition coefficient (Wildman–Crippen LogP) is 2.41. The van der Waals surface area contributed by atoms with E-state index in [9.17, 15) is 14.4 Å². The van der Waals surface area contributed by atoms with Gasteiger partial charge in [-0.1, -0.05) is 0 Å². The lowest BCUT2D eigenvalue weighted by Crippen LogP contribution is -2.06. The van der Waals surface area contributed by atoms with Gasteiger partial charge in [0.25, 0.3) is 0 Å². The molecule has 0 aliphatic carbocycles. The number of carbonyl (C=O) groups excluding carboxylic acids is 3. The summed E-state index contributed by atoms with van der Waals surface area (Å²) in [5.74, 6) is -0.267. The second kappa shape index (κ2) is 15.9. The van der Waals surface area contributed by atoms with Crippen molar-refractivity contribution in [2.24, 2.45) is 0 Å². The summed E-state index contributed by atoms with van der Waals surface area (Å²) in [6.07, 6.45) is 2.90. The van der Waals surface area contributed by atoms with Gasteiger partial charge in [0.15, 0.2) is 0 Å². The van der Waals surface area contributed by atoms with Gasteiger partial charge in [-0.15, -0.1) is 0 Å². The number of Topliss-reactive ketones (excluding diaryl/α,β-unsaturated/α-hetero) is 1. The maximum atomic E-state index is 10.7. The summed E-state index contributed by atoms with van der Waals surface area (Å²) in [6.45, 7) is 7.64. The second-order valence-electron chi connectivity index (χ2n) is 4.91. The van der Waals surface area contributed by atoms with Gasteiger partial charge in [-0.3, -0.25) is 9.59 Å². The van der Waals surface area contributed by atoms with E-state index < -0.39 is 0 Å². The van der Waals surface area contributed by atoms with Crippen molar-refractivity contribution >= 4 is 17.7 Å². The van der Waals surface area contributed by atoms with Crippen molar-refractivity contribution in [3.8, 4) is 0 Å². The lowest BCUT2D eigenvalue weighted by atomic mass is 10.2. The molecule has 0 aromatic heterocycles. The highest BCUT2D eigenvalue weighted by Crippen LogP contribution is 2.01. The number of hydrogen-bond acceptors (Lipinski definition) is 6. The van der Waals surface area contributed by atoms with Crippen LogP contribution in [-0.4, -0.2) is 42.1 Å². The average Bonchev–Trinajstić information content (AvgIpc) is 2.39. The van der Waals surface area contributed by atoms with E-state index >= 15 is 0 Å². The molecular weight excluding hydrogens is 288 g/mol. The smallest absolute Gasteiger partial charge is 0.305 e. The van der Waals surface area contributed by atoms with Crippen molar-refractivity contribution in [1.82, 2.24) is 0 Å². The first-order valence-electron chi connectivity index (χ1n) is 7.82. The van der Waals surface area contributed by atoms with Gasteiger partial charge in [0, 0.05) is 19.3 Å². The van der Waals surface area contributed by atoms with Crippen molar-refractivity contribution in [2.75, 3.05) is 13.2 Å². The van der Waals surface area contributed by atoms with Crippen LogP contribution in [0.15, 0.2) is 0 Å². The third-order valence-corrected chi connectivity index (χ3v) is 2.52. The van der Waals surface area contributed by atoms with E-state index in [-0.39, 0.29) is 23.8 Å². The molecule has 0 spiro atoms. The summed E-state index contributed by atoms with van der Waals surface area (Å²) in [7, 11) is 0. The van der Waals surface area contributed by atoms with Crippen LogP contribution < -0.4 is 0 Å². The molecule has 1 atom stereocenters. The molecule has 0 aromatic rings. The Morgan fingerprint density at radius 3 is 1.73 bits per heavy atom. The lowest BCUT2D eigenvalue weighted by molar-refractivity contribution is -0.144. The molecule has 0 aliphatic heterocycles. The summed E-state index contributed by atoms with van der Waals surface area (Å²) >= 11 is 0. The van der Waals surface area contributed by atoms with Crippen molar-refractivity contribution < 1.29 is 29.0 Å². The number of aliphatic hydroxyl groups is 1. The summed E-state index contributed by atoms with van der Waals surface area (Å²) in [5.41, 5.74) is 0. The molecule has 130 valence electrons. The zero-order valence-corrected chi connectivity index (χ0v) is 14.2. The first kappa shape index (κ1) is 22.8. The molecule has 0 saturated carbocycles. The van der Waals surface area contributed by atoms with Gasteiger partial charge >= 0.3 is 11.9 Å². The zero-order valence-electron chi connectivity index (χ0n) is 14.2. The number of aliphatic hydroxyl groups excluding tert-OH is 1. The van der Waals surface area contributed by atoms with E-state index in [1.807, 2.05) is 0 Å². The van der Waals surface area contributed by atoms with Gasteiger partial charge in [0.1, 0.15) is 5.78 Å². The minimum atomic E-state index is -0.315. The molecule has 0 aliphatic rings. The Morgan fingerprint density at radius 2 is 1.36 bits per heavy atom. The van der Waals surface area contributed by atoms with Crippen LogP contribution in [0.3, 0.4) is 0 Å². The van der Waals surface area contributed by atoms with Gasteiger partial charge in [-0.2, -0.15) is 0 Å². The Bertz CT molecular complexity index is 312. The summed E-state index contributed by atoms with van der Waals surface area (Å²) in [5, 5.41) is 8.84. The van der Waals surface area contributed by atoms with Crippen molar-refractivity contribution in [1.29, 1.82) is 0 Å². The van der Waals surface area contributed by atoms with E-state index in [2.05, 4.69) is 4.74 Å². The fourth-order valence-electron chi connectivity index (χ4n) is 1.49. The second-order valence-corrected chi connectivity index (χ2v) is 4.91. The fraction of sp³-hybridized carbons (Fsp3) is 0.812. The molecule has 0 fully saturated rings. The fourth-order valence-corrected chi connectivity index (χ4v) is 1.49. The minimum Gasteiger partial charge on any atom is -0.466 e. The lowest BCUT2D eigenvalue weighted by Gasteiger charge is -2.03. The SMILES string of the molecule is CCOC(=O)CCCC(C)=O.CCOC(=O)CCCC(C)O. The van der Waals surface area contributed by atoms with Crippen LogP contribution in [0.25, 0.3) is 0 Å². The highest BCUT2D eigenvalue weighted by Gasteiger charge is 2.02. The van der Waals surface area contributed by atoms with Crippen LogP contribution in [0.1, 0.15) is 66.2 Å². The van der Waals surface area contributed by atoms with Crippen molar-refractivity contribution in [2.45, 2.75) is 72.3 Å². The summed E-state index contributed by atoms with van der Waals surface area (Å²) in [6, 6.07) is 0. The quantitative estimate of drug-likeness (QED) is 0.622. The van der Waals surface area contributed by atoms with E-state index in [0.29, 0.717) is 51.7 Å². The Morgan fingerprint density at radius 1 is 0.909 bits per heavy atom. The first-order chi connectivity index (χ1) is 10.3. The number of carbonyl (C=O) groups is 3. The van der Waals surface area contributed by atoms with E-state index in [0.717, 1.165) is 0 Å². The normalized spacial score (nSPS) is 11.0. The van der Waals surface area contributed by atoms with Crippen LogP contribution in [0.4, 0.5) is 0 Å². The average molecular weight is 318 g/mol. The van der Waals surface area contributed by atoms with E-state index in [1.54, 1.807) is 20.8 Å². The number of rotatable bonds is 10. The number of ketones is 1. The monoisotopic (exact) mass is 318 g/mol. The largest absolute Gasteiger partial charge is 0.466 e. The molecule has 6 nitrogen and oxygen atoms in total. The van der Waals surface area contributed by atoms with Gasteiger partial charge in [0.2, 0.25) is 0 Å². The maximum absolute atomic E-state index is 10.7. The minimum absolute atomic E-state index is 0.120. The summed E-state index contributed by atoms with van der Waals surface area (Å²) in [4.78, 5) is 31.8. The molecule has 0 bridgehead atoms. The molecule has 0 aromatic carbocycles. The Hall–Kier alpha value is -1.43. The summed E-state index contributed by atoms with van der Waals surface area (Å²) < 4.78 is 9.38. The number of hydrogen-bond donors (Lipinski definition) is 1. The number of esters is 2. The van der Waals surface area contributed by atoms with E-state index in [4.69, 9.17) is 9.84 Å². The molecule has 1 unspecified atom stereocenters. The standard InChI is InChI=1S/C8H16O3.C8H14O3/c2*1-3-11-8(10)6-4-5-7(2)9/h7,9H,3-6H2,1-2H3;3-6H2,1-2H3. The molecule has 0 saturated heterocycles. The van der Waals surface area contributed by atoms with Crippen LogP contribution >= 0.6 is 0 Å². The molecule has 22 heavy (non-hydrogen) atoms. The van der Waals surface area contributed by atoms with Gasteiger partial charge in [-0.05, 0) is 47.0 Å². The van der Waals surface area contributed by atoms with Gasteiger partial charge in [-0.25, -0.2) is 0 Å². The predicted molar refractivity (Wildman–Crippen MR) is 83.3 cm³/mol. The van der Waals surface area contributed by atoms with Crippen molar-refractivity contribution in [3.05, 3.63) is 0 Å². The molecule has 0 rings (SSSR count). The Kier molecular flexibility index (Phi) is 16.6. The van der Waals surface area contributed by atoms with Crippen LogP contribution in [0.5, 0.6) is 0 Å². The first-order valence-corrected chi connectivity index (χ1v) is 7.82. The van der Waals surface area contributed by atoms with Crippen LogP contribution in [0, 0.1) is 0 Å². The Labute approximate surface area is 133 Å². The topological polar surface area (TPSA) is 89.9 Å². The third kappa shape index (κ3) is 20.9. The van der Waals surface area contributed by atoms with Gasteiger partial charge < -0.3 is 19.4 Å². The highest BCUT2D eigenvalue weighted by molar-refractivity contribution is 5.76.